The van der Waals surface area contributed by atoms with E-state index in [1.165, 1.54) is 0 Å². The number of carbonyl (C=O) groups is 1. The van der Waals surface area contributed by atoms with Gasteiger partial charge in [-0.15, -0.1) is 0 Å². The molecule has 0 radical (unpaired) electrons. The Bertz CT molecular complexity index is 372. The third kappa shape index (κ3) is 1.53. The first-order valence-corrected chi connectivity index (χ1v) is 5.13. The number of hydrogen-bond acceptors (Lipinski definition) is 2. The van der Waals surface area contributed by atoms with E-state index in [0.29, 0.717) is 0 Å². The molecule has 0 bridgehead atoms. The minimum absolute atomic E-state index is 0.0775. The van der Waals surface area contributed by atoms with Gasteiger partial charge in [0.05, 0.1) is 5.92 Å². The number of likely N-dealkylation sites (N-methyl/N-ethyl adjacent to an activating group) is 1. The lowest BCUT2D eigenvalue weighted by molar-refractivity contribution is -0.121. The van der Waals surface area contributed by atoms with Crippen LogP contribution in [-0.2, 0) is 4.79 Å². The average molecular weight is 204 g/mol. The molecule has 1 saturated heterocycles. The highest BCUT2D eigenvalue weighted by molar-refractivity contribution is 5.87. The minimum atomic E-state index is -0.182. The molecule has 0 aliphatic carbocycles. The van der Waals surface area contributed by atoms with Gasteiger partial charge >= 0.3 is 0 Å². The lowest BCUT2D eigenvalue weighted by atomic mass is 9.83. The molecule has 1 unspecified atom stereocenters. The molecule has 1 N–H and O–H groups in total. The molecule has 1 atom stereocenters. The molecule has 0 saturated carbocycles. The zero-order valence-corrected chi connectivity index (χ0v) is 9.32. The highest BCUT2D eigenvalue weighted by Crippen LogP contribution is 2.35. The molecule has 1 aromatic carbocycles. The normalized spacial score (nSPS) is 25.3. The van der Waals surface area contributed by atoms with Gasteiger partial charge in [-0.05, 0) is 19.4 Å². The van der Waals surface area contributed by atoms with E-state index in [2.05, 4.69) is 19.3 Å². The maximum Gasteiger partial charge on any atom is 0.243 e. The lowest BCUT2D eigenvalue weighted by Gasteiger charge is -2.30. The van der Waals surface area contributed by atoms with Gasteiger partial charge in [-0.3, -0.25) is 10.2 Å². The fourth-order valence-corrected chi connectivity index (χ4v) is 2.09. The number of amides is 1. The summed E-state index contributed by atoms with van der Waals surface area (Å²) in [7, 11) is 1.90. The minimum Gasteiger partial charge on any atom is -0.288 e. The van der Waals surface area contributed by atoms with E-state index in [9.17, 15) is 4.79 Å². The number of hydrazine groups is 1. The summed E-state index contributed by atoms with van der Waals surface area (Å²) in [6.07, 6.45) is 0. The number of rotatable bonds is 1. The summed E-state index contributed by atoms with van der Waals surface area (Å²) >= 11 is 0. The second kappa shape index (κ2) is 3.35. The summed E-state index contributed by atoms with van der Waals surface area (Å²) in [5.74, 6) is -0.0163. The SMILES string of the molecule is CN1NC(=O)C(c2ccccc2)C1(C)C. The van der Waals surface area contributed by atoms with Crippen LogP contribution in [-0.4, -0.2) is 23.5 Å². The van der Waals surface area contributed by atoms with Crippen LogP contribution in [0.15, 0.2) is 30.3 Å². The average Bonchev–Trinajstić information content (AvgIpc) is 2.37. The number of nitrogens with one attached hydrogen (secondary N) is 1. The van der Waals surface area contributed by atoms with E-state index >= 15 is 0 Å². The highest BCUT2D eigenvalue weighted by Gasteiger charge is 2.46. The first kappa shape index (κ1) is 10.2. The molecule has 0 aromatic heterocycles. The Morgan fingerprint density at radius 1 is 1.27 bits per heavy atom. The Morgan fingerprint density at radius 2 is 1.87 bits per heavy atom. The first-order chi connectivity index (χ1) is 7.03. The first-order valence-electron chi connectivity index (χ1n) is 5.13. The Hall–Kier alpha value is -1.35. The van der Waals surface area contributed by atoms with Crippen molar-refractivity contribution < 1.29 is 4.79 Å². The van der Waals surface area contributed by atoms with Gasteiger partial charge in [0.15, 0.2) is 0 Å². The fraction of sp³-hybridized carbons (Fsp3) is 0.417. The predicted octanol–water partition coefficient (Wildman–Crippen LogP) is 1.53. The molecule has 1 aromatic rings. The summed E-state index contributed by atoms with van der Waals surface area (Å²) in [6, 6.07) is 9.91. The molecule has 1 amide bonds. The number of carbonyl (C=O) groups excluding carboxylic acids is 1. The summed E-state index contributed by atoms with van der Waals surface area (Å²) in [5.41, 5.74) is 3.74. The summed E-state index contributed by atoms with van der Waals surface area (Å²) in [5, 5.41) is 1.88. The smallest absolute Gasteiger partial charge is 0.243 e. The monoisotopic (exact) mass is 204 g/mol. The second-order valence-corrected chi connectivity index (χ2v) is 4.53. The van der Waals surface area contributed by atoms with Crippen LogP contribution >= 0.6 is 0 Å². The van der Waals surface area contributed by atoms with Crippen molar-refractivity contribution in [2.75, 3.05) is 7.05 Å². The van der Waals surface area contributed by atoms with Crippen LogP contribution in [0.1, 0.15) is 25.3 Å². The number of nitrogens with zero attached hydrogens (tertiary/aromatic N) is 1. The van der Waals surface area contributed by atoms with Crippen molar-refractivity contribution in [2.24, 2.45) is 0 Å². The molecule has 15 heavy (non-hydrogen) atoms. The fourth-order valence-electron chi connectivity index (χ4n) is 2.09. The van der Waals surface area contributed by atoms with Crippen LogP contribution in [0.2, 0.25) is 0 Å². The molecule has 1 aliphatic rings. The summed E-state index contributed by atoms with van der Waals surface area (Å²) in [4.78, 5) is 11.8. The Balaban J connectivity index is 2.41. The van der Waals surface area contributed by atoms with Gasteiger partial charge in [0.2, 0.25) is 5.91 Å². The maximum atomic E-state index is 11.8. The van der Waals surface area contributed by atoms with Gasteiger partial charge in [0, 0.05) is 12.6 Å². The molecule has 3 nitrogen and oxygen atoms in total. The standard InChI is InChI=1S/C12H16N2O/c1-12(2)10(11(15)13-14(12)3)9-7-5-4-6-8-9/h4-8,10H,1-3H3,(H,13,15). The van der Waals surface area contributed by atoms with Crippen molar-refractivity contribution in [3.63, 3.8) is 0 Å². The third-order valence-corrected chi connectivity index (χ3v) is 3.24. The zero-order valence-electron chi connectivity index (χ0n) is 9.32. The van der Waals surface area contributed by atoms with Gasteiger partial charge in [-0.2, -0.15) is 0 Å². The largest absolute Gasteiger partial charge is 0.288 e. The molecule has 1 heterocycles. The zero-order chi connectivity index (χ0) is 11.1. The summed E-state index contributed by atoms with van der Waals surface area (Å²) < 4.78 is 0. The van der Waals surface area contributed by atoms with E-state index < -0.39 is 0 Å². The third-order valence-electron chi connectivity index (χ3n) is 3.24. The van der Waals surface area contributed by atoms with E-state index in [0.717, 1.165) is 5.56 Å². The van der Waals surface area contributed by atoms with Crippen LogP contribution in [0.3, 0.4) is 0 Å². The van der Waals surface area contributed by atoms with Gasteiger partial charge in [-0.1, -0.05) is 30.3 Å². The predicted molar refractivity (Wildman–Crippen MR) is 59.2 cm³/mol. The molecule has 0 spiro atoms. The van der Waals surface area contributed by atoms with Gasteiger partial charge < -0.3 is 0 Å². The molecule has 1 aliphatic heterocycles. The Kier molecular flexibility index (Phi) is 2.27. The van der Waals surface area contributed by atoms with Crippen molar-refractivity contribution in [3.8, 4) is 0 Å². The van der Waals surface area contributed by atoms with Crippen molar-refractivity contribution >= 4 is 5.91 Å². The maximum absolute atomic E-state index is 11.8. The van der Waals surface area contributed by atoms with E-state index in [4.69, 9.17) is 0 Å². The molecule has 2 rings (SSSR count). The molecule has 3 heteroatoms. The van der Waals surface area contributed by atoms with Crippen molar-refractivity contribution in [1.29, 1.82) is 0 Å². The van der Waals surface area contributed by atoms with Crippen LogP contribution in [0.4, 0.5) is 0 Å². The van der Waals surface area contributed by atoms with E-state index in [-0.39, 0.29) is 17.4 Å². The van der Waals surface area contributed by atoms with Crippen LogP contribution < -0.4 is 5.43 Å². The van der Waals surface area contributed by atoms with Gasteiger partial charge in [0.25, 0.3) is 0 Å². The van der Waals surface area contributed by atoms with Crippen LogP contribution in [0.25, 0.3) is 0 Å². The van der Waals surface area contributed by atoms with Crippen LogP contribution in [0, 0.1) is 0 Å². The van der Waals surface area contributed by atoms with E-state index in [1.54, 1.807) is 0 Å². The summed E-state index contributed by atoms with van der Waals surface area (Å²) in [6.45, 7) is 4.14. The lowest BCUT2D eigenvalue weighted by Crippen LogP contribution is -2.42. The Morgan fingerprint density at radius 3 is 2.33 bits per heavy atom. The second-order valence-electron chi connectivity index (χ2n) is 4.53. The topological polar surface area (TPSA) is 32.3 Å². The van der Waals surface area contributed by atoms with Crippen molar-refractivity contribution in [1.82, 2.24) is 10.4 Å². The quantitative estimate of drug-likeness (QED) is 0.752. The Labute approximate surface area is 90.1 Å². The highest BCUT2D eigenvalue weighted by atomic mass is 16.2. The molecular formula is C12H16N2O. The molecule has 80 valence electrons. The number of benzene rings is 1. The van der Waals surface area contributed by atoms with Gasteiger partial charge in [0.1, 0.15) is 0 Å². The van der Waals surface area contributed by atoms with E-state index in [1.807, 2.05) is 42.4 Å². The number of hydrogen-bond donors (Lipinski definition) is 1. The van der Waals surface area contributed by atoms with Crippen molar-refractivity contribution in [3.05, 3.63) is 35.9 Å². The van der Waals surface area contributed by atoms with Crippen LogP contribution in [0.5, 0.6) is 0 Å². The molecular weight excluding hydrogens is 188 g/mol. The van der Waals surface area contributed by atoms with Crippen molar-refractivity contribution in [2.45, 2.75) is 25.3 Å². The van der Waals surface area contributed by atoms with Gasteiger partial charge in [-0.25, -0.2) is 5.01 Å². The molecule has 1 fully saturated rings.